The molecule has 0 aromatic heterocycles. The van der Waals surface area contributed by atoms with Crippen LogP contribution in [0.25, 0.3) is 0 Å². The molecule has 0 radical (unpaired) electrons. The summed E-state index contributed by atoms with van der Waals surface area (Å²) in [5.41, 5.74) is -0.212. The fourth-order valence-electron chi connectivity index (χ4n) is 2.21. The van der Waals surface area contributed by atoms with Crippen LogP contribution in [0, 0.1) is 0 Å². The molecule has 1 aliphatic rings. The van der Waals surface area contributed by atoms with Gasteiger partial charge in [0, 0.05) is 18.6 Å². The van der Waals surface area contributed by atoms with E-state index >= 15 is 0 Å². The molecule has 0 unspecified atom stereocenters. The number of rotatable bonds is 4. The van der Waals surface area contributed by atoms with Crippen LogP contribution in [0.2, 0.25) is 0 Å². The van der Waals surface area contributed by atoms with Crippen LogP contribution in [0.1, 0.15) is 26.7 Å². The SMILES string of the molecule is CCC(CC)(CO)N1CCS(=O)(=O)CC1. The Morgan fingerprint density at radius 3 is 2.00 bits per heavy atom. The van der Waals surface area contributed by atoms with Crippen LogP contribution in [-0.2, 0) is 9.84 Å². The Morgan fingerprint density at radius 1 is 1.20 bits per heavy atom. The predicted octanol–water partition coefficient (Wildman–Crippen LogP) is 0.268. The zero-order valence-electron chi connectivity index (χ0n) is 9.57. The van der Waals surface area contributed by atoms with Crippen LogP contribution in [0.5, 0.6) is 0 Å². The highest BCUT2D eigenvalue weighted by Gasteiger charge is 2.36. The summed E-state index contributed by atoms with van der Waals surface area (Å²) in [6, 6.07) is 0. The molecule has 1 heterocycles. The van der Waals surface area contributed by atoms with Crippen molar-refractivity contribution in [2.45, 2.75) is 32.2 Å². The number of hydrogen-bond acceptors (Lipinski definition) is 4. The highest BCUT2D eigenvalue weighted by Crippen LogP contribution is 2.25. The molecule has 15 heavy (non-hydrogen) atoms. The Balaban J connectivity index is 2.72. The Hall–Kier alpha value is -0.130. The van der Waals surface area contributed by atoms with Crippen molar-refractivity contribution in [3.05, 3.63) is 0 Å². The quantitative estimate of drug-likeness (QED) is 0.760. The number of sulfone groups is 1. The number of nitrogens with zero attached hydrogens (tertiary/aromatic N) is 1. The molecule has 90 valence electrons. The van der Waals surface area contributed by atoms with Crippen LogP contribution >= 0.6 is 0 Å². The van der Waals surface area contributed by atoms with Crippen molar-refractivity contribution in [3.63, 3.8) is 0 Å². The summed E-state index contributed by atoms with van der Waals surface area (Å²) in [6.45, 7) is 5.32. The molecule has 1 saturated heterocycles. The first-order valence-electron chi connectivity index (χ1n) is 5.56. The van der Waals surface area contributed by atoms with Crippen molar-refractivity contribution < 1.29 is 13.5 Å². The van der Waals surface area contributed by atoms with Crippen LogP contribution in [0.15, 0.2) is 0 Å². The third kappa shape index (κ3) is 2.71. The second-order valence-corrected chi connectivity index (χ2v) is 6.53. The smallest absolute Gasteiger partial charge is 0.152 e. The Labute approximate surface area is 92.2 Å². The molecule has 0 saturated carbocycles. The van der Waals surface area contributed by atoms with E-state index in [0.29, 0.717) is 13.1 Å². The molecule has 1 aliphatic heterocycles. The fourth-order valence-corrected chi connectivity index (χ4v) is 3.41. The molecule has 0 aliphatic carbocycles. The maximum atomic E-state index is 11.3. The van der Waals surface area contributed by atoms with E-state index in [-0.39, 0.29) is 23.7 Å². The normalized spacial score (nSPS) is 22.9. The van der Waals surface area contributed by atoms with Crippen molar-refractivity contribution in [3.8, 4) is 0 Å². The van der Waals surface area contributed by atoms with Gasteiger partial charge in [-0.2, -0.15) is 0 Å². The summed E-state index contributed by atoms with van der Waals surface area (Å²) in [4.78, 5) is 2.13. The van der Waals surface area contributed by atoms with Gasteiger partial charge in [0.25, 0.3) is 0 Å². The van der Waals surface area contributed by atoms with Crippen LogP contribution < -0.4 is 0 Å². The average molecular weight is 235 g/mol. The topological polar surface area (TPSA) is 57.6 Å². The van der Waals surface area contributed by atoms with Gasteiger partial charge in [0.1, 0.15) is 0 Å². The van der Waals surface area contributed by atoms with Gasteiger partial charge in [-0.3, -0.25) is 4.90 Å². The first-order chi connectivity index (χ1) is 6.99. The largest absolute Gasteiger partial charge is 0.394 e. The third-order valence-corrected chi connectivity index (χ3v) is 5.23. The van der Waals surface area contributed by atoms with Crippen LogP contribution in [-0.4, -0.2) is 55.2 Å². The second kappa shape index (κ2) is 4.80. The van der Waals surface area contributed by atoms with Crippen molar-refractivity contribution in [2.24, 2.45) is 0 Å². The van der Waals surface area contributed by atoms with Crippen molar-refractivity contribution in [1.82, 2.24) is 4.90 Å². The molecular formula is C10H21NO3S. The van der Waals surface area contributed by atoms with Gasteiger partial charge < -0.3 is 5.11 Å². The van der Waals surface area contributed by atoms with Gasteiger partial charge in [-0.1, -0.05) is 13.8 Å². The minimum atomic E-state index is -2.82. The van der Waals surface area contributed by atoms with Crippen molar-refractivity contribution >= 4 is 9.84 Å². The maximum absolute atomic E-state index is 11.3. The zero-order chi connectivity index (χ0) is 11.5. The van der Waals surface area contributed by atoms with E-state index in [1.165, 1.54) is 0 Å². The molecule has 0 spiro atoms. The molecule has 4 nitrogen and oxygen atoms in total. The number of aliphatic hydroxyl groups excluding tert-OH is 1. The Bertz CT molecular complexity index is 274. The minimum Gasteiger partial charge on any atom is -0.394 e. The summed E-state index contributed by atoms with van der Waals surface area (Å²) >= 11 is 0. The van der Waals surface area contributed by atoms with E-state index in [1.807, 2.05) is 13.8 Å². The van der Waals surface area contributed by atoms with Gasteiger partial charge in [-0.25, -0.2) is 8.42 Å². The summed E-state index contributed by atoms with van der Waals surface area (Å²) in [5.74, 6) is 0.462. The van der Waals surface area contributed by atoms with Crippen molar-refractivity contribution in [2.75, 3.05) is 31.2 Å². The molecule has 0 aromatic rings. The van der Waals surface area contributed by atoms with E-state index in [0.717, 1.165) is 12.8 Å². The monoisotopic (exact) mass is 235 g/mol. The lowest BCUT2D eigenvalue weighted by Gasteiger charge is -2.43. The number of hydrogen-bond donors (Lipinski definition) is 1. The van der Waals surface area contributed by atoms with Gasteiger partial charge in [0.2, 0.25) is 0 Å². The lowest BCUT2D eigenvalue weighted by Crippen LogP contribution is -2.56. The van der Waals surface area contributed by atoms with Gasteiger partial charge >= 0.3 is 0 Å². The fraction of sp³-hybridized carbons (Fsp3) is 1.00. The van der Waals surface area contributed by atoms with Gasteiger partial charge in [-0.15, -0.1) is 0 Å². The standard InChI is InChI=1S/C10H21NO3S/c1-3-10(4-2,9-12)11-5-7-15(13,14)8-6-11/h12H,3-9H2,1-2H3. The summed E-state index contributed by atoms with van der Waals surface area (Å²) in [6.07, 6.45) is 1.72. The maximum Gasteiger partial charge on any atom is 0.152 e. The lowest BCUT2D eigenvalue weighted by molar-refractivity contribution is 0.0284. The molecule has 0 atom stereocenters. The average Bonchev–Trinajstić information content (AvgIpc) is 2.23. The van der Waals surface area contributed by atoms with Crippen LogP contribution in [0.3, 0.4) is 0 Å². The molecule has 1 N–H and O–H groups in total. The molecule has 0 aromatic carbocycles. The van der Waals surface area contributed by atoms with Gasteiger partial charge in [-0.05, 0) is 12.8 Å². The molecular weight excluding hydrogens is 214 g/mol. The van der Waals surface area contributed by atoms with E-state index in [4.69, 9.17) is 0 Å². The molecule has 0 bridgehead atoms. The summed E-state index contributed by atoms with van der Waals surface area (Å²) < 4.78 is 22.6. The zero-order valence-corrected chi connectivity index (χ0v) is 10.4. The molecule has 0 amide bonds. The minimum absolute atomic E-state index is 0.111. The summed E-state index contributed by atoms with van der Waals surface area (Å²) in [5, 5.41) is 9.47. The lowest BCUT2D eigenvalue weighted by atomic mass is 9.91. The first kappa shape index (κ1) is 12.9. The predicted molar refractivity (Wildman–Crippen MR) is 60.6 cm³/mol. The third-order valence-electron chi connectivity index (χ3n) is 3.63. The van der Waals surface area contributed by atoms with E-state index in [9.17, 15) is 13.5 Å². The van der Waals surface area contributed by atoms with E-state index < -0.39 is 9.84 Å². The second-order valence-electron chi connectivity index (χ2n) is 4.23. The van der Waals surface area contributed by atoms with E-state index in [1.54, 1.807) is 0 Å². The molecule has 1 fully saturated rings. The Kier molecular flexibility index (Phi) is 4.14. The highest BCUT2D eigenvalue weighted by molar-refractivity contribution is 7.91. The van der Waals surface area contributed by atoms with Crippen LogP contribution in [0.4, 0.5) is 0 Å². The number of aliphatic hydroxyl groups is 1. The first-order valence-corrected chi connectivity index (χ1v) is 7.38. The molecule has 5 heteroatoms. The van der Waals surface area contributed by atoms with E-state index in [2.05, 4.69) is 4.90 Å². The molecule has 1 rings (SSSR count). The van der Waals surface area contributed by atoms with Gasteiger partial charge in [0.15, 0.2) is 9.84 Å². The van der Waals surface area contributed by atoms with Gasteiger partial charge in [0.05, 0.1) is 18.1 Å². The Morgan fingerprint density at radius 2 is 1.67 bits per heavy atom. The highest BCUT2D eigenvalue weighted by atomic mass is 32.2. The summed E-state index contributed by atoms with van der Waals surface area (Å²) in [7, 11) is -2.82. The van der Waals surface area contributed by atoms with Crippen molar-refractivity contribution in [1.29, 1.82) is 0 Å².